The van der Waals surface area contributed by atoms with E-state index in [1.807, 2.05) is 0 Å². The minimum absolute atomic E-state index is 0.0244. The van der Waals surface area contributed by atoms with E-state index in [0.29, 0.717) is 18.9 Å². The van der Waals surface area contributed by atoms with Gasteiger partial charge in [0.25, 0.3) is 0 Å². The molecule has 0 heterocycles. The lowest BCUT2D eigenvalue weighted by Gasteiger charge is -2.06. The summed E-state index contributed by atoms with van der Waals surface area (Å²) >= 11 is 0. The average molecular weight is 224 g/mol. The summed E-state index contributed by atoms with van der Waals surface area (Å²) < 4.78 is 9.87. The van der Waals surface area contributed by atoms with Crippen LogP contribution in [-0.2, 0) is 4.74 Å². The lowest BCUT2D eigenvalue weighted by molar-refractivity contribution is 0.0935. The van der Waals surface area contributed by atoms with Gasteiger partial charge in [-0.05, 0) is 6.07 Å². The molecule has 16 heavy (non-hydrogen) atoms. The second-order valence-corrected chi connectivity index (χ2v) is 2.88. The van der Waals surface area contributed by atoms with Crippen LogP contribution in [0.25, 0.3) is 0 Å². The molecule has 1 aromatic carbocycles. The lowest BCUT2D eigenvalue weighted by atomic mass is 10.3. The fourth-order valence-electron chi connectivity index (χ4n) is 0.968. The maximum atomic E-state index is 11.2. The van der Waals surface area contributed by atoms with E-state index in [0.717, 1.165) is 0 Å². The number of carbonyl (C=O) groups is 1. The molecule has 87 valence electrons. The second-order valence-electron chi connectivity index (χ2n) is 2.88. The van der Waals surface area contributed by atoms with E-state index in [-0.39, 0.29) is 13.2 Å². The highest BCUT2D eigenvalue weighted by atomic mass is 16.6. The van der Waals surface area contributed by atoms with Gasteiger partial charge in [0.2, 0.25) is 0 Å². The van der Waals surface area contributed by atoms with Gasteiger partial charge in [0.15, 0.2) is 0 Å². The number of amides is 1. The predicted octanol–water partition coefficient (Wildman–Crippen LogP) is 0.584. The summed E-state index contributed by atoms with van der Waals surface area (Å²) in [5.41, 5.74) is 0. The number of hydrogen-bond acceptors (Lipinski definition) is 4. The van der Waals surface area contributed by atoms with Gasteiger partial charge in [0.1, 0.15) is 5.75 Å². The van der Waals surface area contributed by atoms with E-state index in [1.54, 1.807) is 24.3 Å². The van der Waals surface area contributed by atoms with Crippen molar-refractivity contribution in [2.24, 2.45) is 0 Å². The Balaban J connectivity index is 2.12. The smallest absolute Gasteiger partial charge is 0.410 e. The Labute approximate surface area is 94.0 Å². The Hall–Kier alpha value is -1.59. The zero-order valence-electron chi connectivity index (χ0n) is 8.81. The second kappa shape index (κ2) is 7.67. The standard InChI is InChI=1S/C11H14NO4/c13-7-9-15-8-6-12-11(14)16-10-4-2-1-3-5-10/h1-4,13H,6-9H2,(H,12,14). The number of nitrogens with one attached hydrogen (secondary N) is 1. The largest absolute Gasteiger partial charge is 0.412 e. The molecule has 0 aliphatic heterocycles. The first kappa shape index (κ1) is 12.5. The molecule has 0 aliphatic carbocycles. The summed E-state index contributed by atoms with van der Waals surface area (Å²) in [6, 6.07) is 9.60. The molecule has 1 amide bonds. The van der Waals surface area contributed by atoms with Crippen LogP contribution in [0.1, 0.15) is 0 Å². The van der Waals surface area contributed by atoms with Crippen LogP contribution in [0.2, 0.25) is 0 Å². The topological polar surface area (TPSA) is 67.8 Å². The van der Waals surface area contributed by atoms with Crippen LogP contribution in [0.15, 0.2) is 24.3 Å². The number of ether oxygens (including phenoxy) is 2. The van der Waals surface area contributed by atoms with Crippen LogP contribution in [0.5, 0.6) is 5.75 Å². The minimum Gasteiger partial charge on any atom is -0.410 e. The first-order valence-electron chi connectivity index (χ1n) is 4.94. The van der Waals surface area contributed by atoms with Crippen LogP contribution in [0.3, 0.4) is 0 Å². The molecule has 2 N–H and O–H groups in total. The summed E-state index contributed by atoms with van der Waals surface area (Å²) in [6.45, 7) is 0.923. The molecule has 0 unspecified atom stereocenters. The van der Waals surface area contributed by atoms with Crippen molar-refractivity contribution in [2.45, 2.75) is 0 Å². The summed E-state index contributed by atoms with van der Waals surface area (Å²) in [5.74, 6) is 0.372. The predicted molar refractivity (Wildman–Crippen MR) is 57.2 cm³/mol. The summed E-state index contributed by atoms with van der Waals surface area (Å²) in [7, 11) is 0. The third-order valence-electron chi connectivity index (χ3n) is 1.63. The van der Waals surface area contributed by atoms with Crippen molar-refractivity contribution < 1.29 is 19.4 Å². The highest BCUT2D eigenvalue weighted by Gasteiger charge is 2.02. The Morgan fingerprint density at radius 2 is 2.31 bits per heavy atom. The Bertz CT molecular complexity index is 302. The molecule has 0 aliphatic rings. The van der Waals surface area contributed by atoms with E-state index in [1.165, 1.54) is 0 Å². The van der Waals surface area contributed by atoms with Crippen molar-refractivity contribution in [1.29, 1.82) is 0 Å². The molecule has 0 bridgehead atoms. The molecule has 1 rings (SSSR count). The van der Waals surface area contributed by atoms with Crippen LogP contribution < -0.4 is 10.1 Å². The summed E-state index contributed by atoms with van der Waals surface area (Å²) in [4.78, 5) is 11.2. The number of hydrogen-bond donors (Lipinski definition) is 2. The molecule has 5 nitrogen and oxygen atoms in total. The van der Waals surface area contributed by atoms with Crippen LogP contribution in [0.4, 0.5) is 4.79 Å². The number of benzene rings is 1. The van der Waals surface area contributed by atoms with Crippen molar-refractivity contribution in [2.75, 3.05) is 26.4 Å². The van der Waals surface area contributed by atoms with Gasteiger partial charge < -0.3 is 19.9 Å². The maximum absolute atomic E-state index is 11.2. The van der Waals surface area contributed by atoms with E-state index >= 15 is 0 Å². The van der Waals surface area contributed by atoms with E-state index in [9.17, 15) is 4.79 Å². The molecule has 0 aromatic heterocycles. The van der Waals surface area contributed by atoms with Gasteiger partial charge in [-0.25, -0.2) is 4.79 Å². The Morgan fingerprint density at radius 3 is 3.00 bits per heavy atom. The Morgan fingerprint density at radius 1 is 1.44 bits per heavy atom. The van der Waals surface area contributed by atoms with Crippen LogP contribution >= 0.6 is 0 Å². The first-order chi connectivity index (χ1) is 7.83. The van der Waals surface area contributed by atoms with Crippen molar-refractivity contribution in [1.82, 2.24) is 5.32 Å². The van der Waals surface area contributed by atoms with Crippen LogP contribution in [0, 0.1) is 6.07 Å². The van der Waals surface area contributed by atoms with Gasteiger partial charge in [0.05, 0.1) is 19.8 Å². The molecular weight excluding hydrogens is 210 g/mol. The number of aliphatic hydroxyl groups is 1. The molecule has 1 radical (unpaired) electrons. The van der Waals surface area contributed by atoms with Crippen molar-refractivity contribution in [3.8, 4) is 5.75 Å². The zero-order valence-corrected chi connectivity index (χ0v) is 8.81. The van der Waals surface area contributed by atoms with Crippen molar-refractivity contribution in [3.05, 3.63) is 30.3 Å². The molecular formula is C11H14NO4. The third kappa shape index (κ3) is 5.33. The number of rotatable bonds is 6. The number of carbonyl (C=O) groups excluding carboxylic acids is 1. The first-order valence-corrected chi connectivity index (χ1v) is 4.94. The monoisotopic (exact) mass is 224 g/mol. The van der Waals surface area contributed by atoms with Crippen molar-refractivity contribution in [3.63, 3.8) is 0 Å². The SMILES string of the molecule is O=C(NCCOCCO)Oc1[c]cccc1. The summed E-state index contributed by atoms with van der Waals surface area (Å²) in [6.07, 6.45) is -0.546. The third-order valence-corrected chi connectivity index (χ3v) is 1.63. The van der Waals surface area contributed by atoms with Gasteiger partial charge in [-0.15, -0.1) is 0 Å². The fraction of sp³-hybridized carbons (Fsp3) is 0.364. The normalized spacial score (nSPS) is 9.81. The molecule has 0 fully saturated rings. The number of para-hydroxylation sites is 1. The van der Waals surface area contributed by atoms with E-state index < -0.39 is 6.09 Å². The fourth-order valence-corrected chi connectivity index (χ4v) is 0.968. The number of aliphatic hydroxyl groups excluding tert-OH is 1. The van der Waals surface area contributed by atoms with Crippen molar-refractivity contribution >= 4 is 6.09 Å². The van der Waals surface area contributed by atoms with Gasteiger partial charge in [-0.2, -0.15) is 0 Å². The maximum Gasteiger partial charge on any atom is 0.412 e. The van der Waals surface area contributed by atoms with Gasteiger partial charge in [-0.3, -0.25) is 0 Å². The quantitative estimate of drug-likeness (QED) is 0.694. The molecule has 0 atom stereocenters. The lowest BCUT2D eigenvalue weighted by Crippen LogP contribution is -2.30. The van der Waals surface area contributed by atoms with Gasteiger partial charge >= 0.3 is 6.09 Å². The molecule has 0 spiro atoms. The molecule has 0 saturated heterocycles. The van der Waals surface area contributed by atoms with Gasteiger partial charge in [-0.1, -0.05) is 18.2 Å². The highest BCUT2D eigenvalue weighted by molar-refractivity contribution is 5.70. The molecule has 1 aromatic rings. The van der Waals surface area contributed by atoms with E-state index in [2.05, 4.69) is 11.4 Å². The highest BCUT2D eigenvalue weighted by Crippen LogP contribution is 2.06. The minimum atomic E-state index is -0.546. The Kier molecular flexibility index (Phi) is 5.98. The van der Waals surface area contributed by atoms with Gasteiger partial charge in [0, 0.05) is 12.6 Å². The van der Waals surface area contributed by atoms with E-state index in [4.69, 9.17) is 14.6 Å². The molecule has 0 saturated carbocycles. The van der Waals surface area contributed by atoms with Crippen LogP contribution in [-0.4, -0.2) is 37.6 Å². The zero-order chi connectivity index (χ0) is 11.6. The average Bonchev–Trinajstić information content (AvgIpc) is 2.30. The summed E-state index contributed by atoms with van der Waals surface area (Å²) in [5, 5.41) is 10.9. The molecule has 5 heteroatoms.